The molecular weight excluding hydrogens is 330 g/mol. The molecule has 3 rings (SSSR count). The van der Waals surface area contributed by atoms with Crippen LogP contribution in [0.2, 0.25) is 0 Å². The van der Waals surface area contributed by atoms with Crippen molar-refractivity contribution < 1.29 is 19.8 Å². The molecule has 0 aliphatic carbocycles. The van der Waals surface area contributed by atoms with Crippen molar-refractivity contribution in [3.63, 3.8) is 0 Å². The minimum absolute atomic E-state index is 0. The van der Waals surface area contributed by atoms with Gasteiger partial charge in [-0.05, 0) is 47.2 Å². The second-order valence-corrected chi connectivity index (χ2v) is 5.06. The number of nitrogens with one attached hydrogen (secondary N) is 1. The molecule has 0 aromatic heterocycles. The Bertz CT molecular complexity index is 910. The molecule has 3 aromatic rings. The number of carboxylic acids is 1. The Morgan fingerprint density at radius 3 is 2.25 bits per heavy atom. The first-order valence-electron chi connectivity index (χ1n) is 6.91. The Morgan fingerprint density at radius 2 is 1.58 bits per heavy atom. The highest BCUT2D eigenvalue weighted by molar-refractivity contribution is 6.07. The number of hydrogen-bond acceptors (Lipinski definition) is 3. The molecule has 3 aromatic carbocycles. The van der Waals surface area contributed by atoms with E-state index in [2.05, 4.69) is 5.32 Å². The highest BCUT2D eigenvalue weighted by Crippen LogP contribution is 2.26. The van der Waals surface area contributed by atoms with Crippen LogP contribution in [0.15, 0.2) is 60.7 Å². The van der Waals surface area contributed by atoms with Gasteiger partial charge in [-0.25, -0.2) is 4.79 Å². The van der Waals surface area contributed by atoms with Gasteiger partial charge in [0.2, 0.25) is 0 Å². The Morgan fingerprint density at radius 1 is 0.875 bits per heavy atom. The standard InChI is InChI=1S/C18H13NO4.ClH/c20-16-10-11-6-7-12(8-13(11)9-15(16)18(22)23)17(21)19-14-4-2-1-3-5-14;/h1-10,20H,(H,19,21)(H,22,23);1H. The Labute approximate surface area is 144 Å². The lowest BCUT2D eigenvalue weighted by molar-refractivity contribution is 0.0693. The van der Waals surface area contributed by atoms with Gasteiger partial charge in [0.1, 0.15) is 11.3 Å². The van der Waals surface area contributed by atoms with Crippen LogP contribution in [-0.2, 0) is 0 Å². The molecule has 3 N–H and O–H groups in total. The van der Waals surface area contributed by atoms with Crippen LogP contribution in [0, 0.1) is 0 Å². The monoisotopic (exact) mass is 343 g/mol. The molecule has 5 nitrogen and oxygen atoms in total. The summed E-state index contributed by atoms with van der Waals surface area (Å²) >= 11 is 0. The predicted octanol–water partition coefficient (Wildman–Crippen LogP) is 3.92. The van der Waals surface area contributed by atoms with Gasteiger partial charge in [-0.15, -0.1) is 12.4 Å². The van der Waals surface area contributed by atoms with Crippen LogP contribution in [0.4, 0.5) is 5.69 Å². The maximum atomic E-state index is 12.3. The number of carbonyl (C=O) groups is 2. The molecule has 0 heterocycles. The fourth-order valence-corrected chi connectivity index (χ4v) is 2.32. The van der Waals surface area contributed by atoms with Crippen molar-refractivity contribution in [3.8, 4) is 5.75 Å². The minimum Gasteiger partial charge on any atom is -0.507 e. The summed E-state index contributed by atoms with van der Waals surface area (Å²) in [6.45, 7) is 0. The van der Waals surface area contributed by atoms with Crippen LogP contribution in [0.5, 0.6) is 5.75 Å². The molecular formula is C18H14ClNO4. The van der Waals surface area contributed by atoms with Gasteiger partial charge in [0.25, 0.3) is 5.91 Å². The van der Waals surface area contributed by atoms with E-state index in [1.54, 1.807) is 30.3 Å². The van der Waals surface area contributed by atoms with Gasteiger partial charge in [-0.3, -0.25) is 4.79 Å². The molecule has 0 bridgehead atoms. The molecule has 0 saturated heterocycles. The number of phenols is 1. The molecule has 0 fully saturated rings. The van der Waals surface area contributed by atoms with E-state index in [0.29, 0.717) is 22.0 Å². The highest BCUT2D eigenvalue weighted by Gasteiger charge is 2.12. The predicted molar refractivity (Wildman–Crippen MR) is 94.2 cm³/mol. The summed E-state index contributed by atoms with van der Waals surface area (Å²) in [5.41, 5.74) is 0.885. The van der Waals surface area contributed by atoms with E-state index < -0.39 is 5.97 Å². The molecule has 1 amide bonds. The maximum absolute atomic E-state index is 12.3. The first-order chi connectivity index (χ1) is 11.0. The zero-order valence-corrected chi connectivity index (χ0v) is 13.2. The van der Waals surface area contributed by atoms with E-state index in [-0.39, 0.29) is 29.6 Å². The van der Waals surface area contributed by atoms with Crippen LogP contribution in [0.1, 0.15) is 20.7 Å². The molecule has 0 unspecified atom stereocenters. The zero-order chi connectivity index (χ0) is 16.4. The van der Waals surface area contributed by atoms with Gasteiger partial charge in [-0.1, -0.05) is 24.3 Å². The van der Waals surface area contributed by atoms with E-state index in [1.165, 1.54) is 12.1 Å². The third-order valence-corrected chi connectivity index (χ3v) is 3.48. The van der Waals surface area contributed by atoms with Gasteiger partial charge in [0, 0.05) is 11.3 Å². The number of hydrogen-bond donors (Lipinski definition) is 3. The number of aromatic carboxylic acids is 1. The Kier molecular flexibility index (Phi) is 5.06. The molecule has 0 radical (unpaired) electrons. The van der Waals surface area contributed by atoms with E-state index in [4.69, 9.17) is 5.11 Å². The number of para-hydroxylation sites is 1. The lowest BCUT2D eigenvalue weighted by Crippen LogP contribution is -2.11. The van der Waals surface area contributed by atoms with Gasteiger partial charge in [-0.2, -0.15) is 0 Å². The summed E-state index contributed by atoms with van der Waals surface area (Å²) < 4.78 is 0. The number of rotatable bonds is 3. The third kappa shape index (κ3) is 3.47. The van der Waals surface area contributed by atoms with Crippen molar-refractivity contribution in [2.24, 2.45) is 0 Å². The Hall–Kier alpha value is -3.05. The summed E-state index contributed by atoms with van der Waals surface area (Å²) in [5, 5.41) is 22.7. The maximum Gasteiger partial charge on any atom is 0.339 e. The number of carboxylic acid groups (broad SMARTS) is 1. The first-order valence-corrected chi connectivity index (χ1v) is 6.91. The summed E-state index contributed by atoms with van der Waals surface area (Å²) in [6.07, 6.45) is 0. The zero-order valence-electron chi connectivity index (χ0n) is 12.4. The number of benzene rings is 3. The van der Waals surface area contributed by atoms with E-state index in [0.717, 1.165) is 0 Å². The smallest absolute Gasteiger partial charge is 0.339 e. The molecule has 0 aliphatic heterocycles. The second kappa shape index (κ2) is 7.02. The molecule has 0 saturated carbocycles. The van der Waals surface area contributed by atoms with Crippen molar-refractivity contribution in [2.75, 3.05) is 5.32 Å². The van der Waals surface area contributed by atoms with Gasteiger partial charge < -0.3 is 15.5 Å². The van der Waals surface area contributed by atoms with Crippen molar-refractivity contribution in [3.05, 3.63) is 71.8 Å². The number of halogens is 1. The van der Waals surface area contributed by atoms with Gasteiger partial charge in [0.15, 0.2) is 0 Å². The van der Waals surface area contributed by atoms with Crippen molar-refractivity contribution in [1.29, 1.82) is 0 Å². The molecule has 122 valence electrons. The van der Waals surface area contributed by atoms with E-state index in [1.807, 2.05) is 18.2 Å². The van der Waals surface area contributed by atoms with Crippen LogP contribution < -0.4 is 5.32 Å². The molecule has 24 heavy (non-hydrogen) atoms. The van der Waals surface area contributed by atoms with Crippen LogP contribution in [0.25, 0.3) is 10.8 Å². The van der Waals surface area contributed by atoms with E-state index in [9.17, 15) is 14.7 Å². The van der Waals surface area contributed by atoms with Gasteiger partial charge in [0.05, 0.1) is 0 Å². The lowest BCUT2D eigenvalue weighted by atomic mass is 10.0. The third-order valence-electron chi connectivity index (χ3n) is 3.48. The molecule has 6 heteroatoms. The van der Waals surface area contributed by atoms with Crippen LogP contribution in [0.3, 0.4) is 0 Å². The number of aromatic hydroxyl groups is 1. The van der Waals surface area contributed by atoms with Gasteiger partial charge >= 0.3 is 5.97 Å². The SMILES string of the molecule is Cl.O=C(Nc1ccccc1)c1ccc2cc(O)c(C(=O)O)cc2c1. The fraction of sp³-hybridized carbons (Fsp3) is 0. The molecule has 0 aliphatic rings. The highest BCUT2D eigenvalue weighted by atomic mass is 35.5. The number of carbonyl (C=O) groups excluding carboxylic acids is 1. The quantitative estimate of drug-likeness (QED) is 0.672. The largest absolute Gasteiger partial charge is 0.507 e. The summed E-state index contributed by atoms with van der Waals surface area (Å²) in [6, 6.07) is 16.7. The molecule has 0 spiro atoms. The number of amides is 1. The Balaban J connectivity index is 0.00000208. The second-order valence-electron chi connectivity index (χ2n) is 5.06. The average molecular weight is 344 g/mol. The van der Waals surface area contributed by atoms with Crippen molar-refractivity contribution in [1.82, 2.24) is 0 Å². The normalized spacial score (nSPS) is 10.0. The minimum atomic E-state index is -1.22. The molecule has 0 atom stereocenters. The van der Waals surface area contributed by atoms with Crippen LogP contribution in [-0.4, -0.2) is 22.1 Å². The first kappa shape index (κ1) is 17.3. The fourth-order valence-electron chi connectivity index (χ4n) is 2.32. The van der Waals surface area contributed by atoms with Crippen molar-refractivity contribution >= 4 is 40.7 Å². The van der Waals surface area contributed by atoms with Crippen LogP contribution >= 0.6 is 12.4 Å². The average Bonchev–Trinajstić information content (AvgIpc) is 2.54. The topological polar surface area (TPSA) is 86.6 Å². The number of anilines is 1. The number of fused-ring (bicyclic) bond motifs is 1. The lowest BCUT2D eigenvalue weighted by Gasteiger charge is -2.07. The van der Waals surface area contributed by atoms with E-state index >= 15 is 0 Å². The van der Waals surface area contributed by atoms with Crippen molar-refractivity contribution in [2.45, 2.75) is 0 Å². The summed E-state index contributed by atoms with van der Waals surface area (Å²) in [7, 11) is 0. The summed E-state index contributed by atoms with van der Waals surface area (Å²) in [5.74, 6) is -1.81. The summed E-state index contributed by atoms with van der Waals surface area (Å²) in [4.78, 5) is 23.4.